The first-order chi connectivity index (χ1) is 9.07. The second-order valence-electron chi connectivity index (χ2n) is 5.57. The number of likely N-dealkylation sites (N-methyl/N-ethyl adjacent to an activating group) is 1. The third-order valence-corrected chi connectivity index (χ3v) is 4.27. The molecule has 1 aromatic carbocycles. The lowest BCUT2D eigenvalue weighted by Gasteiger charge is -2.47. The van der Waals surface area contributed by atoms with E-state index in [1.54, 1.807) is 0 Å². The van der Waals surface area contributed by atoms with Crippen molar-refractivity contribution in [3.63, 3.8) is 0 Å². The average molecular weight is 258 g/mol. The molecule has 1 aromatic rings. The summed E-state index contributed by atoms with van der Waals surface area (Å²) in [6.45, 7) is 0.940. The summed E-state index contributed by atoms with van der Waals surface area (Å²) in [4.78, 5) is 2.32. The molecule has 0 radical (unpaired) electrons. The van der Waals surface area contributed by atoms with Crippen molar-refractivity contribution in [2.75, 3.05) is 31.7 Å². The van der Waals surface area contributed by atoms with E-state index in [1.165, 1.54) is 19.3 Å². The molecule has 0 saturated heterocycles. The first kappa shape index (κ1) is 13.7. The molecule has 0 bridgehead atoms. The molecule has 0 heterocycles. The van der Waals surface area contributed by atoms with Crippen molar-refractivity contribution in [2.45, 2.75) is 31.2 Å². The number of anilines is 2. The van der Waals surface area contributed by atoms with Crippen LogP contribution in [0.2, 0.25) is 0 Å². The normalized spacial score (nSPS) is 16.7. The van der Waals surface area contributed by atoms with Crippen molar-refractivity contribution in [3.8, 4) is 6.07 Å². The van der Waals surface area contributed by atoms with Crippen molar-refractivity contribution in [1.82, 2.24) is 4.90 Å². The molecule has 1 fully saturated rings. The first-order valence-corrected chi connectivity index (χ1v) is 6.74. The van der Waals surface area contributed by atoms with Crippen LogP contribution in [0.25, 0.3) is 0 Å². The smallest absolute Gasteiger partial charge is 0.0670 e. The van der Waals surface area contributed by atoms with Crippen LogP contribution >= 0.6 is 0 Å². The zero-order chi connectivity index (χ0) is 13.9. The molecule has 0 unspecified atom stereocenters. The van der Waals surface area contributed by atoms with Gasteiger partial charge in [-0.3, -0.25) is 0 Å². The number of nitriles is 1. The van der Waals surface area contributed by atoms with Gasteiger partial charge in [0.2, 0.25) is 0 Å². The Labute approximate surface area is 115 Å². The summed E-state index contributed by atoms with van der Waals surface area (Å²) in [6.07, 6.45) is 4.15. The van der Waals surface area contributed by atoms with Gasteiger partial charge in [-0.1, -0.05) is 0 Å². The van der Waals surface area contributed by atoms with Crippen LogP contribution in [0.4, 0.5) is 11.4 Å². The van der Waals surface area contributed by atoms with Gasteiger partial charge in [-0.15, -0.1) is 0 Å². The fraction of sp³-hybridized carbons (Fsp3) is 0.533. The van der Waals surface area contributed by atoms with Gasteiger partial charge in [0.1, 0.15) is 0 Å². The van der Waals surface area contributed by atoms with E-state index >= 15 is 0 Å². The van der Waals surface area contributed by atoms with Gasteiger partial charge >= 0.3 is 0 Å². The lowest BCUT2D eigenvalue weighted by Crippen LogP contribution is -2.54. The SMILES string of the molecule is CN(C)C1(CNc2ccc(N)c(CC#N)c2)CCC1. The third kappa shape index (κ3) is 2.82. The molecule has 0 aromatic heterocycles. The predicted molar refractivity (Wildman–Crippen MR) is 78.9 cm³/mol. The van der Waals surface area contributed by atoms with Crippen LogP contribution in [0.1, 0.15) is 24.8 Å². The predicted octanol–water partition coefficient (Wildman–Crippen LogP) is 2.23. The summed E-state index contributed by atoms with van der Waals surface area (Å²) in [5, 5.41) is 12.3. The minimum absolute atomic E-state index is 0.288. The molecule has 102 valence electrons. The van der Waals surface area contributed by atoms with E-state index in [1.807, 2.05) is 18.2 Å². The van der Waals surface area contributed by atoms with Gasteiger partial charge < -0.3 is 16.0 Å². The third-order valence-electron chi connectivity index (χ3n) is 4.27. The second kappa shape index (κ2) is 5.50. The molecule has 4 nitrogen and oxygen atoms in total. The molecule has 1 saturated carbocycles. The van der Waals surface area contributed by atoms with Crippen molar-refractivity contribution < 1.29 is 0 Å². The standard InChI is InChI=1S/C15H22N4/c1-19(2)15(7-3-8-15)11-18-13-4-5-14(17)12(10-13)6-9-16/h4-5,10,18H,3,6-8,11,17H2,1-2H3. The van der Waals surface area contributed by atoms with E-state index in [9.17, 15) is 0 Å². The molecule has 0 amide bonds. The Morgan fingerprint density at radius 2 is 2.16 bits per heavy atom. The lowest BCUT2D eigenvalue weighted by molar-refractivity contribution is 0.0739. The monoisotopic (exact) mass is 258 g/mol. The Morgan fingerprint density at radius 3 is 2.68 bits per heavy atom. The molecule has 3 N–H and O–H groups in total. The number of nitrogens with zero attached hydrogens (tertiary/aromatic N) is 2. The highest BCUT2D eigenvalue weighted by atomic mass is 15.2. The summed E-state index contributed by atoms with van der Waals surface area (Å²) >= 11 is 0. The van der Waals surface area contributed by atoms with Gasteiger partial charge in [-0.05, 0) is 57.1 Å². The topological polar surface area (TPSA) is 65.1 Å². The summed E-state index contributed by atoms with van der Waals surface area (Å²) in [5.41, 5.74) is 8.79. The number of nitrogen functional groups attached to an aromatic ring is 1. The van der Waals surface area contributed by atoms with E-state index in [0.717, 1.165) is 17.8 Å². The zero-order valence-corrected chi connectivity index (χ0v) is 11.7. The summed E-state index contributed by atoms with van der Waals surface area (Å²) in [6, 6.07) is 7.99. The fourth-order valence-electron chi connectivity index (χ4n) is 2.59. The maximum atomic E-state index is 8.78. The van der Waals surface area contributed by atoms with Crippen LogP contribution < -0.4 is 11.1 Å². The number of hydrogen-bond acceptors (Lipinski definition) is 4. The van der Waals surface area contributed by atoms with Crippen molar-refractivity contribution in [2.24, 2.45) is 0 Å². The highest BCUT2D eigenvalue weighted by molar-refractivity contribution is 5.58. The molecule has 1 aliphatic rings. The molecule has 0 atom stereocenters. The van der Waals surface area contributed by atoms with E-state index in [0.29, 0.717) is 12.1 Å². The first-order valence-electron chi connectivity index (χ1n) is 6.74. The van der Waals surface area contributed by atoms with Crippen molar-refractivity contribution >= 4 is 11.4 Å². The second-order valence-corrected chi connectivity index (χ2v) is 5.57. The van der Waals surface area contributed by atoms with Gasteiger partial charge in [-0.25, -0.2) is 0 Å². The molecular formula is C15H22N4. The van der Waals surface area contributed by atoms with E-state index in [2.05, 4.69) is 30.4 Å². The molecule has 0 spiro atoms. The van der Waals surface area contributed by atoms with E-state index < -0.39 is 0 Å². The van der Waals surface area contributed by atoms with Crippen molar-refractivity contribution in [1.29, 1.82) is 5.26 Å². The summed E-state index contributed by atoms with van der Waals surface area (Å²) in [7, 11) is 4.29. The van der Waals surface area contributed by atoms with Crippen LogP contribution in [0, 0.1) is 11.3 Å². The van der Waals surface area contributed by atoms with Crippen LogP contribution in [0.15, 0.2) is 18.2 Å². The number of benzene rings is 1. The Morgan fingerprint density at radius 1 is 1.42 bits per heavy atom. The van der Waals surface area contributed by atoms with Crippen LogP contribution in [0.3, 0.4) is 0 Å². The maximum Gasteiger partial charge on any atom is 0.0670 e. The quantitative estimate of drug-likeness (QED) is 0.795. The highest BCUT2D eigenvalue weighted by Crippen LogP contribution is 2.36. The summed E-state index contributed by atoms with van der Waals surface area (Å²) in [5.74, 6) is 0. The molecule has 1 aliphatic carbocycles. The van der Waals surface area contributed by atoms with Crippen LogP contribution in [-0.4, -0.2) is 31.1 Å². The highest BCUT2D eigenvalue weighted by Gasteiger charge is 2.38. The zero-order valence-electron chi connectivity index (χ0n) is 11.7. The number of hydrogen-bond donors (Lipinski definition) is 2. The van der Waals surface area contributed by atoms with Gasteiger partial charge in [-0.2, -0.15) is 5.26 Å². The average Bonchev–Trinajstić information content (AvgIpc) is 2.31. The van der Waals surface area contributed by atoms with Gasteiger partial charge in [0.05, 0.1) is 12.5 Å². The number of nitrogens with one attached hydrogen (secondary N) is 1. The van der Waals surface area contributed by atoms with E-state index in [-0.39, 0.29) is 5.54 Å². The fourth-order valence-corrected chi connectivity index (χ4v) is 2.59. The Kier molecular flexibility index (Phi) is 3.96. The van der Waals surface area contributed by atoms with Crippen molar-refractivity contribution in [3.05, 3.63) is 23.8 Å². The Bertz CT molecular complexity index is 483. The number of rotatable bonds is 5. The molecule has 19 heavy (non-hydrogen) atoms. The Hall–Kier alpha value is -1.73. The lowest BCUT2D eigenvalue weighted by atomic mass is 9.75. The van der Waals surface area contributed by atoms with Crippen LogP contribution in [0.5, 0.6) is 0 Å². The molecule has 2 rings (SSSR count). The minimum Gasteiger partial charge on any atom is -0.398 e. The largest absolute Gasteiger partial charge is 0.398 e. The van der Waals surface area contributed by atoms with E-state index in [4.69, 9.17) is 11.0 Å². The molecule has 0 aliphatic heterocycles. The summed E-state index contributed by atoms with van der Waals surface area (Å²) < 4.78 is 0. The minimum atomic E-state index is 0.288. The Balaban J connectivity index is 2.04. The molecular weight excluding hydrogens is 236 g/mol. The number of nitrogens with two attached hydrogens (primary N) is 1. The van der Waals surface area contributed by atoms with Gasteiger partial charge in [0.15, 0.2) is 0 Å². The maximum absolute atomic E-state index is 8.78. The van der Waals surface area contributed by atoms with Crippen LogP contribution in [-0.2, 0) is 6.42 Å². The molecule has 4 heteroatoms. The van der Waals surface area contributed by atoms with Gasteiger partial charge in [0, 0.05) is 23.5 Å². The van der Waals surface area contributed by atoms with Gasteiger partial charge in [0.25, 0.3) is 0 Å².